The number of nitrogens with two attached hydrogens (primary N) is 5. The normalized spacial score (nSPS) is 12.3. The molecule has 0 bridgehead atoms. The summed E-state index contributed by atoms with van der Waals surface area (Å²) in [4.78, 5) is 37.2. The number of guanidine groups is 2. The van der Waals surface area contributed by atoms with Crippen LogP contribution in [0.5, 0.6) is 0 Å². The Morgan fingerprint density at radius 1 is 0.857 bits per heavy atom. The molecule has 1 heterocycles. The third kappa shape index (κ3) is 21.6. The highest BCUT2D eigenvalue weighted by Gasteiger charge is 2.12. The van der Waals surface area contributed by atoms with Crippen LogP contribution in [0.4, 0.5) is 0 Å². The molecule has 35 heavy (non-hydrogen) atoms. The third-order valence-corrected chi connectivity index (χ3v) is 3.95. The van der Waals surface area contributed by atoms with E-state index in [1.54, 1.807) is 6.20 Å². The van der Waals surface area contributed by atoms with Gasteiger partial charge in [0.2, 0.25) is 0 Å². The van der Waals surface area contributed by atoms with Gasteiger partial charge in [0, 0.05) is 25.7 Å². The van der Waals surface area contributed by atoms with Gasteiger partial charge < -0.3 is 59.6 Å². The number of nitrogens with zero attached hydrogens (tertiary/aromatic N) is 1. The van der Waals surface area contributed by atoms with Gasteiger partial charge in [0.25, 0.3) is 0 Å². The molecule has 0 radical (unpaired) electrons. The van der Waals surface area contributed by atoms with E-state index >= 15 is 0 Å². The highest BCUT2D eigenvalue weighted by Crippen LogP contribution is 1.95. The Bertz CT molecular complexity index is 737. The lowest BCUT2D eigenvalue weighted by atomic mass is 10.2. The van der Waals surface area contributed by atoms with Crippen LogP contribution in [0.15, 0.2) is 12.5 Å². The van der Waals surface area contributed by atoms with Gasteiger partial charge in [-0.15, -0.1) is 0 Å². The largest absolute Gasteiger partial charge is 0.480 e. The number of aliphatic carboxylic acids is 3. The maximum Gasteiger partial charge on any atom is 0.320 e. The van der Waals surface area contributed by atoms with E-state index in [1.165, 1.54) is 6.33 Å². The molecule has 200 valence electrons. The molecule has 17 heteroatoms. The van der Waals surface area contributed by atoms with Crippen molar-refractivity contribution in [2.75, 3.05) is 13.1 Å². The number of carboxylic acid groups (broad SMARTS) is 3. The first-order chi connectivity index (χ1) is 16.3. The molecule has 0 aliphatic rings. The fourth-order valence-corrected chi connectivity index (χ4v) is 2.05. The summed E-state index contributed by atoms with van der Waals surface area (Å²) >= 11 is 0. The highest BCUT2D eigenvalue weighted by molar-refractivity contribution is 5.75. The maximum absolute atomic E-state index is 10.3. The summed E-state index contributed by atoms with van der Waals surface area (Å²) in [5, 5.41) is 43.8. The van der Waals surface area contributed by atoms with E-state index in [0.29, 0.717) is 44.5 Å². The Morgan fingerprint density at radius 2 is 1.26 bits per heavy atom. The van der Waals surface area contributed by atoms with Gasteiger partial charge >= 0.3 is 17.9 Å². The summed E-state index contributed by atoms with van der Waals surface area (Å²) < 4.78 is 0. The number of carbonyl (C=O) groups is 3. The molecule has 0 aromatic carbocycles. The fourth-order valence-electron chi connectivity index (χ4n) is 2.05. The molecule has 1 aromatic rings. The number of hydrogen-bond acceptors (Lipinski definition) is 9. The van der Waals surface area contributed by atoms with Crippen LogP contribution in [0.25, 0.3) is 0 Å². The van der Waals surface area contributed by atoms with Gasteiger partial charge in [0.05, 0.1) is 12.0 Å². The van der Waals surface area contributed by atoms with Gasteiger partial charge in [0.15, 0.2) is 11.9 Å². The number of imidazole rings is 1. The number of aromatic amines is 1. The van der Waals surface area contributed by atoms with E-state index in [2.05, 4.69) is 20.6 Å². The minimum absolute atomic E-state index is 0.112. The summed E-state index contributed by atoms with van der Waals surface area (Å²) in [7, 11) is 0. The second kappa shape index (κ2) is 19.5. The van der Waals surface area contributed by atoms with Gasteiger partial charge in [-0.1, -0.05) is 0 Å². The van der Waals surface area contributed by atoms with E-state index in [9.17, 15) is 14.4 Å². The Kier molecular flexibility index (Phi) is 18.5. The molecule has 0 unspecified atom stereocenters. The van der Waals surface area contributed by atoms with Crippen molar-refractivity contribution in [3.8, 4) is 0 Å². The number of carboxylic acids is 3. The van der Waals surface area contributed by atoms with E-state index in [-0.39, 0.29) is 18.3 Å². The van der Waals surface area contributed by atoms with Crippen molar-refractivity contribution in [1.82, 2.24) is 20.6 Å². The van der Waals surface area contributed by atoms with E-state index in [0.717, 1.165) is 0 Å². The predicted octanol–water partition coefficient (Wildman–Crippen LogP) is -3.31. The van der Waals surface area contributed by atoms with E-state index in [1.807, 2.05) is 0 Å². The average molecular weight is 504 g/mol. The second-order valence-electron chi connectivity index (χ2n) is 7.06. The minimum atomic E-state index is -1.01. The molecule has 0 amide bonds. The van der Waals surface area contributed by atoms with Crippen LogP contribution in [0.3, 0.4) is 0 Å². The van der Waals surface area contributed by atoms with Crippen molar-refractivity contribution in [2.24, 2.45) is 28.7 Å². The topological polar surface area (TPSA) is 342 Å². The van der Waals surface area contributed by atoms with Crippen LogP contribution < -0.4 is 39.3 Å². The Hall–Kier alpha value is -3.96. The minimum Gasteiger partial charge on any atom is -0.480 e. The first-order valence-corrected chi connectivity index (χ1v) is 10.4. The lowest BCUT2D eigenvalue weighted by molar-refractivity contribution is -0.139. The molecule has 0 aliphatic heterocycles. The number of H-pyrrole nitrogens is 1. The zero-order valence-electron chi connectivity index (χ0n) is 19.2. The first kappa shape index (κ1) is 33.2. The molecule has 0 saturated carbocycles. The lowest BCUT2D eigenvalue weighted by Gasteiger charge is -2.06. The smallest absolute Gasteiger partial charge is 0.320 e. The molecule has 3 atom stereocenters. The van der Waals surface area contributed by atoms with Crippen molar-refractivity contribution in [3.63, 3.8) is 0 Å². The molecule has 17 nitrogen and oxygen atoms in total. The quantitative estimate of drug-likeness (QED) is 0.0711. The standard InChI is InChI=1S/2C6H14N4O2.C6H9N3O2/c2*7-4(5(11)12)2-1-3-10-6(8)9;7-5(6(10)11)1-4-2-8-3-9-4/h2*4H,1-3,7H2,(H,11,12)(H4,8,9,10);2-3,5H,1,7H2,(H,8,9)(H,10,11)/t2*4-;5-/m000/s1. The SMILES string of the molecule is N=C(N)NCCC[C@H](N)C(=O)O.N=C(N)NCCC[C@H](N)C(=O)O.N[C@@H](Cc1c[nH]cn1)C(=O)O. The molecule has 18 N–H and O–H groups in total. The van der Waals surface area contributed by atoms with Crippen molar-refractivity contribution in [1.29, 1.82) is 10.8 Å². The molecule has 0 aliphatic carbocycles. The van der Waals surface area contributed by atoms with Crippen molar-refractivity contribution >= 4 is 29.8 Å². The van der Waals surface area contributed by atoms with Gasteiger partial charge in [-0.2, -0.15) is 0 Å². The fraction of sp³-hybridized carbons (Fsp3) is 0.556. The van der Waals surface area contributed by atoms with Gasteiger partial charge in [0.1, 0.15) is 18.1 Å². The summed E-state index contributed by atoms with van der Waals surface area (Å²) in [5.74, 6) is -3.23. The number of hydrogen-bond donors (Lipinski definition) is 13. The van der Waals surface area contributed by atoms with Gasteiger partial charge in [-0.3, -0.25) is 25.2 Å². The lowest BCUT2D eigenvalue weighted by Crippen LogP contribution is -2.34. The van der Waals surface area contributed by atoms with Crippen LogP contribution in [0.2, 0.25) is 0 Å². The zero-order chi connectivity index (χ0) is 27.4. The second-order valence-corrected chi connectivity index (χ2v) is 7.06. The Balaban J connectivity index is 0. The summed E-state index contributed by atoms with van der Waals surface area (Å²) in [6, 6.07) is -2.50. The number of rotatable bonds is 13. The van der Waals surface area contributed by atoms with Crippen LogP contribution in [-0.4, -0.2) is 86.3 Å². The summed E-state index contributed by atoms with van der Waals surface area (Å²) in [6.07, 6.45) is 5.33. The van der Waals surface area contributed by atoms with Crippen LogP contribution in [0, 0.1) is 10.8 Å². The van der Waals surface area contributed by atoms with Crippen LogP contribution in [-0.2, 0) is 20.8 Å². The Morgan fingerprint density at radius 3 is 1.54 bits per heavy atom. The van der Waals surface area contributed by atoms with Crippen LogP contribution in [0.1, 0.15) is 31.4 Å². The maximum atomic E-state index is 10.3. The molecule has 1 rings (SSSR count). The third-order valence-electron chi connectivity index (χ3n) is 3.95. The van der Waals surface area contributed by atoms with Gasteiger partial charge in [-0.25, -0.2) is 4.98 Å². The molecule has 0 spiro atoms. The predicted molar refractivity (Wildman–Crippen MR) is 127 cm³/mol. The summed E-state index contributed by atoms with van der Waals surface area (Å²) in [5.41, 5.74) is 26.4. The van der Waals surface area contributed by atoms with E-state index < -0.39 is 36.0 Å². The van der Waals surface area contributed by atoms with Crippen molar-refractivity contribution < 1.29 is 29.7 Å². The zero-order valence-corrected chi connectivity index (χ0v) is 19.2. The molecular weight excluding hydrogens is 466 g/mol. The van der Waals surface area contributed by atoms with E-state index in [4.69, 9.17) is 54.8 Å². The molecular formula is C18H37N11O6. The number of aromatic nitrogens is 2. The molecule has 1 aromatic heterocycles. The van der Waals surface area contributed by atoms with Crippen LogP contribution >= 0.6 is 0 Å². The summed E-state index contributed by atoms with van der Waals surface area (Å²) in [6.45, 7) is 0.965. The Labute approximate surface area is 201 Å². The molecule has 0 fully saturated rings. The van der Waals surface area contributed by atoms with Crippen molar-refractivity contribution in [2.45, 2.75) is 50.2 Å². The monoisotopic (exact) mass is 503 g/mol. The highest BCUT2D eigenvalue weighted by atomic mass is 16.4. The molecule has 0 saturated heterocycles. The average Bonchev–Trinajstić information content (AvgIpc) is 3.27. The van der Waals surface area contributed by atoms with Crippen molar-refractivity contribution in [3.05, 3.63) is 18.2 Å². The first-order valence-electron chi connectivity index (χ1n) is 10.4. The van der Waals surface area contributed by atoms with Gasteiger partial charge in [-0.05, 0) is 25.7 Å². The number of nitrogens with one attached hydrogen (secondary N) is 5.